The molecule has 1 aromatic carbocycles. The highest BCUT2D eigenvalue weighted by Gasteiger charge is 2.15. The van der Waals surface area contributed by atoms with E-state index in [-0.39, 0.29) is 0 Å². The summed E-state index contributed by atoms with van der Waals surface area (Å²) in [6.07, 6.45) is 4.06. The molecule has 0 bridgehead atoms. The van der Waals surface area contributed by atoms with Crippen LogP contribution in [0.25, 0.3) is 10.3 Å². The van der Waals surface area contributed by atoms with Crippen LogP contribution >= 0.6 is 22.7 Å². The number of aromatic nitrogens is 6. The summed E-state index contributed by atoms with van der Waals surface area (Å²) in [5.74, 6) is 0. The zero-order valence-electron chi connectivity index (χ0n) is 15.4. The lowest BCUT2D eigenvalue weighted by Crippen LogP contribution is -2.24. The Morgan fingerprint density at radius 2 is 1.24 bits per heavy atom. The predicted octanol–water partition coefficient (Wildman–Crippen LogP) is 4.18. The van der Waals surface area contributed by atoms with Crippen LogP contribution in [0.1, 0.15) is 11.4 Å². The number of para-hydroxylation sites is 1. The summed E-state index contributed by atoms with van der Waals surface area (Å²) in [5.41, 5.74) is 6.97. The van der Waals surface area contributed by atoms with E-state index in [1.807, 2.05) is 30.6 Å². The van der Waals surface area contributed by atoms with Gasteiger partial charge in [-0.05, 0) is 36.4 Å². The van der Waals surface area contributed by atoms with Crippen molar-refractivity contribution < 1.29 is 0 Å². The van der Waals surface area contributed by atoms with E-state index in [9.17, 15) is 0 Å². The van der Waals surface area contributed by atoms with Crippen molar-refractivity contribution in [1.29, 1.82) is 0 Å². The van der Waals surface area contributed by atoms with Crippen molar-refractivity contribution >= 4 is 28.4 Å². The van der Waals surface area contributed by atoms with E-state index in [4.69, 9.17) is 0 Å². The van der Waals surface area contributed by atoms with Crippen molar-refractivity contribution in [2.24, 2.45) is 0 Å². The molecule has 9 heteroatoms. The van der Waals surface area contributed by atoms with Gasteiger partial charge in [0.05, 0.1) is 13.1 Å². The fourth-order valence-corrected chi connectivity index (χ4v) is 4.43. The number of nitrogens with zero attached hydrogens (tertiary/aromatic N) is 7. The Kier molecular flexibility index (Phi) is 4.89. The second-order valence-electron chi connectivity index (χ2n) is 6.37. The number of hydrogen-bond donors (Lipinski definition) is 0. The van der Waals surface area contributed by atoms with Gasteiger partial charge in [-0.1, -0.05) is 40.9 Å². The lowest BCUT2D eigenvalue weighted by molar-refractivity contribution is 0.734. The highest BCUT2D eigenvalue weighted by molar-refractivity contribution is 7.12. The van der Waals surface area contributed by atoms with E-state index in [1.54, 1.807) is 11.0 Å². The van der Waals surface area contributed by atoms with Crippen LogP contribution in [0.4, 0.5) is 5.69 Å². The fourth-order valence-electron chi connectivity index (χ4n) is 3.28. The summed E-state index contributed by atoms with van der Waals surface area (Å²) in [6.45, 7) is 1.47. The van der Waals surface area contributed by atoms with Crippen molar-refractivity contribution in [2.45, 2.75) is 13.1 Å². The van der Waals surface area contributed by atoms with Gasteiger partial charge in [0, 0.05) is 29.5 Å². The molecule has 0 aliphatic carbocycles. The molecular weight excluding hydrogens is 402 g/mol. The zero-order valence-corrected chi connectivity index (χ0v) is 17.0. The molecule has 144 valence electrons. The van der Waals surface area contributed by atoms with Crippen LogP contribution in [0, 0.1) is 0 Å². The van der Waals surface area contributed by atoms with Crippen LogP contribution in [0.2, 0.25) is 0 Å². The van der Waals surface area contributed by atoms with Gasteiger partial charge in [-0.2, -0.15) is 0 Å². The lowest BCUT2D eigenvalue weighted by atomic mass is 10.2. The van der Waals surface area contributed by atoms with Gasteiger partial charge in [-0.25, -0.2) is 0 Å². The Morgan fingerprint density at radius 1 is 0.690 bits per heavy atom. The number of hydrogen-bond acceptors (Lipinski definition) is 7. The maximum Gasteiger partial charge on any atom is 0.216 e. The van der Waals surface area contributed by atoms with Gasteiger partial charge in [-0.3, -0.25) is 9.13 Å². The average Bonchev–Trinajstić information content (AvgIpc) is 3.55. The maximum atomic E-state index is 4.22. The number of benzene rings is 1. The molecular formula is C20H17N7S2. The third-order valence-corrected chi connectivity index (χ3v) is 5.98. The Balaban J connectivity index is 1.48. The van der Waals surface area contributed by atoms with Gasteiger partial charge in [0.25, 0.3) is 0 Å². The molecule has 0 saturated heterocycles. The summed E-state index contributed by atoms with van der Waals surface area (Å²) in [7, 11) is 0. The van der Waals surface area contributed by atoms with E-state index >= 15 is 0 Å². The van der Waals surface area contributed by atoms with E-state index < -0.39 is 0 Å². The average molecular weight is 420 g/mol. The molecule has 0 atom stereocenters. The molecule has 0 spiro atoms. The van der Waals surface area contributed by atoms with Crippen molar-refractivity contribution in [3.8, 4) is 10.3 Å². The van der Waals surface area contributed by atoms with Crippen LogP contribution in [0.3, 0.4) is 0 Å². The van der Waals surface area contributed by atoms with Crippen molar-refractivity contribution in [2.75, 3.05) is 4.90 Å². The molecule has 0 N–H and O–H groups in total. The Morgan fingerprint density at radius 3 is 1.72 bits per heavy atom. The van der Waals surface area contributed by atoms with Gasteiger partial charge in [0.1, 0.15) is 11.0 Å². The summed E-state index contributed by atoms with van der Waals surface area (Å²) in [6, 6.07) is 18.8. The molecule has 0 fully saturated rings. The third-order valence-electron chi connectivity index (χ3n) is 4.60. The summed E-state index contributed by atoms with van der Waals surface area (Å²) >= 11 is 3.06. The first kappa shape index (κ1) is 17.8. The molecule has 5 rings (SSSR count). The maximum absolute atomic E-state index is 4.22. The first-order chi connectivity index (χ1) is 14.4. The van der Waals surface area contributed by atoms with Gasteiger partial charge >= 0.3 is 0 Å². The summed E-state index contributed by atoms with van der Waals surface area (Å²) < 4.78 is 4.19. The first-order valence-electron chi connectivity index (χ1n) is 9.04. The van der Waals surface area contributed by atoms with Gasteiger partial charge < -0.3 is 4.90 Å². The molecule has 0 amide bonds. The van der Waals surface area contributed by atoms with Crippen LogP contribution in [0.5, 0.6) is 0 Å². The third kappa shape index (κ3) is 3.69. The predicted molar refractivity (Wildman–Crippen MR) is 115 cm³/mol. The van der Waals surface area contributed by atoms with Crippen LogP contribution in [0.15, 0.2) is 78.0 Å². The minimum atomic E-state index is 0.734. The van der Waals surface area contributed by atoms with E-state index in [1.165, 1.54) is 22.7 Å². The molecule has 0 aliphatic heterocycles. The molecule has 5 aromatic rings. The first-order valence-corrected chi connectivity index (χ1v) is 10.8. The molecule has 29 heavy (non-hydrogen) atoms. The van der Waals surface area contributed by atoms with Crippen LogP contribution in [-0.4, -0.2) is 29.5 Å². The quantitative estimate of drug-likeness (QED) is 0.396. The van der Waals surface area contributed by atoms with Crippen molar-refractivity contribution in [1.82, 2.24) is 29.5 Å². The van der Waals surface area contributed by atoms with E-state index in [2.05, 4.69) is 70.8 Å². The molecule has 4 heterocycles. The summed E-state index contributed by atoms with van der Waals surface area (Å²) in [4.78, 5) is 2.35. The number of anilines is 1. The van der Waals surface area contributed by atoms with Gasteiger partial charge in [0.15, 0.2) is 0 Å². The van der Waals surface area contributed by atoms with Crippen LogP contribution in [-0.2, 0) is 13.1 Å². The SMILES string of the molecule is c1ccc(N(Cc2cccn2-c2nncs2)Cc2cccn2-c2nncs2)cc1. The molecule has 4 aromatic heterocycles. The lowest BCUT2D eigenvalue weighted by Gasteiger charge is -2.25. The Bertz CT molecular complexity index is 1090. The fraction of sp³-hybridized carbons (Fsp3) is 0.100. The monoisotopic (exact) mass is 419 g/mol. The molecule has 0 aliphatic rings. The topological polar surface area (TPSA) is 64.7 Å². The number of rotatable bonds is 7. The van der Waals surface area contributed by atoms with Gasteiger partial charge in [0.2, 0.25) is 10.3 Å². The molecule has 0 radical (unpaired) electrons. The largest absolute Gasteiger partial charge is 0.360 e. The molecule has 7 nitrogen and oxygen atoms in total. The normalized spacial score (nSPS) is 11.0. The van der Waals surface area contributed by atoms with Crippen molar-refractivity contribution in [3.63, 3.8) is 0 Å². The van der Waals surface area contributed by atoms with Crippen LogP contribution < -0.4 is 4.90 Å². The standard InChI is InChI=1S/C20H17N7S2/c1-2-6-16(7-3-1)25(12-17-8-4-10-26(17)19-23-21-14-28-19)13-18-9-5-11-27(18)20-24-22-15-29-20/h1-11,14-15H,12-13H2. The second-order valence-corrected chi connectivity index (χ2v) is 8.00. The smallest absolute Gasteiger partial charge is 0.216 e. The highest BCUT2D eigenvalue weighted by atomic mass is 32.1. The highest BCUT2D eigenvalue weighted by Crippen LogP contribution is 2.24. The van der Waals surface area contributed by atoms with E-state index in [0.29, 0.717) is 0 Å². The molecule has 0 unspecified atom stereocenters. The Hall–Kier alpha value is -3.30. The van der Waals surface area contributed by atoms with E-state index in [0.717, 1.165) is 40.4 Å². The van der Waals surface area contributed by atoms with Gasteiger partial charge in [-0.15, -0.1) is 20.4 Å². The molecule has 0 saturated carbocycles. The minimum absolute atomic E-state index is 0.734. The van der Waals surface area contributed by atoms with Crippen molar-refractivity contribution in [3.05, 3.63) is 89.4 Å². The Labute approximate surface area is 175 Å². The second kappa shape index (κ2) is 7.98. The summed E-state index contributed by atoms with van der Waals surface area (Å²) in [5, 5.41) is 18.1. The minimum Gasteiger partial charge on any atom is -0.360 e. The zero-order chi connectivity index (χ0) is 19.5.